The molecule has 0 N–H and O–H groups in total. The van der Waals surface area contributed by atoms with Crippen molar-refractivity contribution >= 4 is 0 Å². The Hall–Kier alpha value is -1.60. The second-order valence-electron chi connectivity index (χ2n) is 5.08. The Morgan fingerprint density at radius 3 is 3.05 bits per heavy atom. The molecule has 2 rings (SSSR count). The molecule has 0 saturated carbocycles. The molecule has 0 bridgehead atoms. The monoisotopic (exact) mass is 262 g/mol. The molecule has 19 heavy (non-hydrogen) atoms. The molecule has 0 fully saturated rings. The van der Waals surface area contributed by atoms with Gasteiger partial charge in [0.05, 0.1) is 12.0 Å². The summed E-state index contributed by atoms with van der Waals surface area (Å²) in [6, 6.07) is 6.91. The summed E-state index contributed by atoms with van der Waals surface area (Å²) in [6.45, 7) is 6.40. The Bertz CT molecular complexity index is 484. The fourth-order valence-electron chi connectivity index (χ4n) is 2.44. The van der Waals surface area contributed by atoms with Gasteiger partial charge in [0.15, 0.2) is 0 Å². The van der Waals surface area contributed by atoms with E-state index in [-0.39, 0.29) is 17.8 Å². The van der Waals surface area contributed by atoms with Gasteiger partial charge >= 0.3 is 0 Å². The topological polar surface area (TPSA) is 36.3 Å². The van der Waals surface area contributed by atoms with Crippen LogP contribution in [0.5, 0.6) is 5.75 Å². The van der Waals surface area contributed by atoms with Crippen molar-refractivity contribution in [3.05, 3.63) is 29.6 Å². The van der Waals surface area contributed by atoms with Gasteiger partial charge < -0.3 is 4.74 Å². The number of benzene rings is 1. The number of ether oxygens (including phenoxy) is 1. The zero-order chi connectivity index (χ0) is 13.8. The minimum atomic E-state index is -0.214. The predicted octanol–water partition coefficient (Wildman–Crippen LogP) is 2.61. The van der Waals surface area contributed by atoms with Gasteiger partial charge in [0, 0.05) is 25.1 Å². The zero-order valence-corrected chi connectivity index (χ0v) is 11.4. The van der Waals surface area contributed by atoms with Crippen molar-refractivity contribution in [1.29, 1.82) is 5.26 Å². The fraction of sp³-hybridized carbons (Fsp3) is 0.533. The van der Waals surface area contributed by atoms with Gasteiger partial charge in [-0.05, 0) is 31.7 Å². The Morgan fingerprint density at radius 2 is 2.37 bits per heavy atom. The summed E-state index contributed by atoms with van der Waals surface area (Å²) in [6.07, 6.45) is 0.799. The number of nitrogens with zero attached hydrogens (tertiary/aromatic N) is 2. The van der Waals surface area contributed by atoms with Gasteiger partial charge in [0.25, 0.3) is 0 Å². The van der Waals surface area contributed by atoms with E-state index in [0.717, 1.165) is 37.4 Å². The van der Waals surface area contributed by atoms with E-state index in [2.05, 4.69) is 17.9 Å². The van der Waals surface area contributed by atoms with Crippen molar-refractivity contribution in [3.63, 3.8) is 0 Å². The van der Waals surface area contributed by atoms with E-state index in [0.29, 0.717) is 0 Å². The van der Waals surface area contributed by atoms with Gasteiger partial charge in [0.2, 0.25) is 0 Å². The summed E-state index contributed by atoms with van der Waals surface area (Å²) in [5.74, 6) is 0.588. The van der Waals surface area contributed by atoms with Gasteiger partial charge in [0.1, 0.15) is 17.7 Å². The molecule has 4 heteroatoms. The van der Waals surface area contributed by atoms with E-state index in [4.69, 9.17) is 10.00 Å². The first-order valence-electron chi connectivity index (χ1n) is 6.69. The number of fused-ring (bicyclic) bond motifs is 1. The zero-order valence-electron chi connectivity index (χ0n) is 11.4. The van der Waals surface area contributed by atoms with Crippen LogP contribution in [-0.2, 0) is 6.42 Å². The molecular formula is C15H19FN2O. The first-order valence-corrected chi connectivity index (χ1v) is 6.69. The molecule has 0 saturated heterocycles. The molecule has 1 aromatic carbocycles. The molecule has 3 nitrogen and oxygen atoms in total. The summed E-state index contributed by atoms with van der Waals surface area (Å²) in [5, 5.41) is 8.86. The maximum Gasteiger partial charge on any atom is 0.123 e. The third-order valence-corrected chi connectivity index (χ3v) is 3.43. The summed E-state index contributed by atoms with van der Waals surface area (Å²) < 4.78 is 19.0. The lowest BCUT2D eigenvalue weighted by atomic mass is 10.1. The van der Waals surface area contributed by atoms with Crippen LogP contribution in [0.4, 0.5) is 4.39 Å². The Morgan fingerprint density at radius 1 is 1.58 bits per heavy atom. The molecule has 1 aliphatic rings. The van der Waals surface area contributed by atoms with Crippen LogP contribution < -0.4 is 4.74 Å². The van der Waals surface area contributed by atoms with Crippen molar-refractivity contribution in [1.82, 2.24) is 4.90 Å². The van der Waals surface area contributed by atoms with Crippen molar-refractivity contribution in [3.8, 4) is 11.8 Å². The average Bonchev–Trinajstić information content (AvgIpc) is 2.79. The second-order valence-corrected chi connectivity index (χ2v) is 5.08. The number of halogens is 1. The number of hydrogen-bond acceptors (Lipinski definition) is 3. The highest BCUT2D eigenvalue weighted by molar-refractivity contribution is 5.37. The van der Waals surface area contributed by atoms with Gasteiger partial charge in [-0.15, -0.1) is 0 Å². The number of likely N-dealkylation sites (N-methyl/N-ethyl adjacent to an activating group) is 1. The Kier molecular flexibility index (Phi) is 4.39. The molecule has 2 atom stereocenters. The molecule has 102 valence electrons. The summed E-state index contributed by atoms with van der Waals surface area (Å²) >= 11 is 0. The van der Waals surface area contributed by atoms with Crippen LogP contribution in [0.2, 0.25) is 0 Å². The van der Waals surface area contributed by atoms with Crippen LogP contribution in [0.3, 0.4) is 0 Å². The van der Waals surface area contributed by atoms with Crippen LogP contribution >= 0.6 is 0 Å². The highest BCUT2D eigenvalue weighted by Gasteiger charge is 2.25. The highest BCUT2D eigenvalue weighted by Crippen LogP contribution is 2.29. The molecule has 0 aromatic heterocycles. The molecule has 0 radical (unpaired) electrons. The van der Waals surface area contributed by atoms with Crippen molar-refractivity contribution < 1.29 is 9.13 Å². The summed E-state index contributed by atoms with van der Waals surface area (Å²) in [5.41, 5.74) is 0.939. The average molecular weight is 262 g/mol. The smallest absolute Gasteiger partial charge is 0.123 e. The first-order chi connectivity index (χ1) is 9.12. The lowest BCUT2D eigenvalue weighted by molar-refractivity contribution is 0.148. The van der Waals surface area contributed by atoms with Crippen molar-refractivity contribution in [2.75, 3.05) is 19.6 Å². The predicted molar refractivity (Wildman–Crippen MR) is 71.4 cm³/mol. The normalized spacial score (nSPS) is 18.8. The standard InChI is InChI=1S/C15H19FN2O/c1-3-18(9-11(2)8-17)10-14-7-12-6-13(16)4-5-15(12)19-14/h4-6,11,14H,3,7,9-10H2,1-2H3. The Balaban J connectivity index is 1.93. The lowest BCUT2D eigenvalue weighted by Crippen LogP contribution is -2.37. The molecule has 0 spiro atoms. The summed E-state index contributed by atoms with van der Waals surface area (Å²) in [4.78, 5) is 2.21. The highest BCUT2D eigenvalue weighted by atomic mass is 19.1. The first kappa shape index (κ1) is 13.8. The number of rotatable bonds is 5. The largest absolute Gasteiger partial charge is 0.488 e. The molecule has 1 aliphatic heterocycles. The van der Waals surface area contributed by atoms with Crippen LogP contribution in [-0.4, -0.2) is 30.6 Å². The van der Waals surface area contributed by atoms with E-state index in [1.807, 2.05) is 6.92 Å². The minimum Gasteiger partial charge on any atom is -0.488 e. The Labute approximate surface area is 113 Å². The SMILES string of the molecule is CCN(CC(C)C#N)CC1Cc2cc(F)ccc2O1. The second kappa shape index (κ2) is 6.03. The van der Waals surface area contributed by atoms with E-state index < -0.39 is 0 Å². The maximum atomic E-state index is 13.1. The minimum absolute atomic E-state index is 0.0150. The molecular weight excluding hydrogens is 243 g/mol. The van der Waals surface area contributed by atoms with Crippen LogP contribution in [0.25, 0.3) is 0 Å². The van der Waals surface area contributed by atoms with E-state index in [1.165, 1.54) is 6.07 Å². The van der Waals surface area contributed by atoms with Gasteiger partial charge in [-0.25, -0.2) is 4.39 Å². The molecule has 2 unspecified atom stereocenters. The van der Waals surface area contributed by atoms with E-state index >= 15 is 0 Å². The van der Waals surface area contributed by atoms with Gasteiger partial charge in [-0.2, -0.15) is 5.26 Å². The van der Waals surface area contributed by atoms with Crippen LogP contribution in [0.1, 0.15) is 19.4 Å². The summed E-state index contributed by atoms with van der Waals surface area (Å²) in [7, 11) is 0. The third kappa shape index (κ3) is 3.45. The van der Waals surface area contributed by atoms with Gasteiger partial charge in [-0.1, -0.05) is 6.92 Å². The fourth-order valence-corrected chi connectivity index (χ4v) is 2.44. The number of nitriles is 1. The van der Waals surface area contributed by atoms with Crippen LogP contribution in [0.15, 0.2) is 18.2 Å². The molecule has 0 aliphatic carbocycles. The van der Waals surface area contributed by atoms with Crippen LogP contribution in [0, 0.1) is 23.1 Å². The molecule has 1 aromatic rings. The molecule has 1 heterocycles. The van der Waals surface area contributed by atoms with Crippen molar-refractivity contribution in [2.24, 2.45) is 5.92 Å². The van der Waals surface area contributed by atoms with Crippen molar-refractivity contribution in [2.45, 2.75) is 26.4 Å². The maximum absolute atomic E-state index is 13.1. The third-order valence-electron chi connectivity index (χ3n) is 3.43. The lowest BCUT2D eigenvalue weighted by Gasteiger charge is -2.24. The van der Waals surface area contributed by atoms with Gasteiger partial charge in [-0.3, -0.25) is 4.90 Å². The van der Waals surface area contributed by atoms with E-state index in [9.17, 15) is 4.39 Å². The quantitative estimate of drug-likeness (QED) is 0.818. The number of hydrogen-bond donors (Lipinski definition) is 0. The van der Waals surface area contributed by atoms with E-state index in [1.54, 1.807) is 12.1 Å². The molecule has 0 amide bonds.